The molecule has 0 aliphatic carbocycles. The smallest absolute Gasteiger partial charge is 0.137 e. The topological polar surface area (TPSA) is 12.0 Å². The second-order valence-electron chi connectivity index (χ2n) is 4.85. The lowest BCUT2D eigenvalue weighted by molar-refractivity contribution is 0.569. The summed E-state index contributed by atoms with van der Waals surface area (Å²) < 4.78 is 13.9. The zero-order chi connectivity index (χ0) is 13.5. The van der Waals surface area contributed by atoms with Gasteiger partial charge in [0.1, 0.15) is 5.82 Å². The molecule has 1 nitrogen and oxygen atoms in total. The lowest BCUT2D eigenvalue weighted by Crippen LogP contribution is -2.21. The van der Waals surface area contributed by atoms with Crippen molar-refractivity contribution in [3.05, 3.63) is 39.6 Å². The van der Waals surface area contributed by atoms with E-state index in [1.807, 2.05) is 6.07 Å². The van der Waals surface area contributed by atoms with Crippen molar-refractivity contribution >= 4 is 22.0 Å². The first-order chi connectivity index (χ1) is 8.52. The van der Waals surface area contributed by atoms with Crippen LogP contribution in [0.5, 0.6) is 0 Å². The Labute approximate surface area is 118 Å². The molecule has 0 fully saturated rings. The molecule has 100 valence electrons. The van der Waals surface area contributed by atoms with Gasteiger partial charge in [-0.15, -0.1) is 0 Å². The summed E-state index contributed by atoms with van der Waals surface area (Å²) in [6.45, 7) is 8.37. The summed E-state index contributed by atoms with van der Waals surface area (Å²) in [5.41, 5.74) is 2.20. The Kier molecular flexibility index (Phi) is 6.58. The van der Waals surface area contributed by atoms with Gasteiger partial charge in [0.25, 0.3) is 0 Å². The molecule has 0 aliphatic rings. The van der Waals surface area contributed by atoms with E-state index in [1.165, 1.54) is 5.57 Å². The minimum Gasteiger partial charge on any atom is -0.313 e. The van der Waals surface area contributed by atoms with Crippen LogP contribution in [-0.4, -0.2) is 13.1 Å². The lowest BCUT2D eigenvalue weighted by atomic mass is 10.1. The Bertz CT molecular complexity index is 413. The summed E-state index contributed by atoms with van der Waals surface area (Å²) in [6, 6.07) is 5.23. The summed E-state index contributed by atoms with van der Waals surface area (Å²) in [4.78, 5) is 0. The maximum absolute atomic E-state index is 13.4. The van der Waals surface area contributed by atoms with Crippen LogP contribution in [-0.2, 0) is 0 Å². The van der Waals surface area contributed by atoms with Crippen molar-refractivity contribution in [2.75, 3.05) is 13.1 Å². The summed E-state index contributed by atoms with van der Waals surface area (Å²) in [5, 5.41) is 3.41. The Morgan fingerprint density at radius 2 is 2.17 bits per heavy atom. The molecule has 0 heterocycles. The standard InChI is InChI=1S/C15H21BrFN/c1-4-12(10-18-9-11(2)3)7-13-5-6-14(16)15(17)8-13/h5-8,11,18H,4,9-10H2,1-3H3/b12-7-. The minimum absolute atomic E-state index is 0.214. The molecule has 1 rings (SSSR count). The van der Waals surface area contributed by atoms with Crippen LogP contribution in [0.4, 0.5) is 4.39 Å². The Morgan fingerprint density at radius 3 is 2.72 bits per heavy atom. The third kappa shape index (κ3) is 5.32. The van der Waals surface area contributed by atoms with E-state index in [-0.39, 0.29) is 5.82 Å². The number of rotatable bonds is 6. The van der Waals surface area contributed by atoms with E-state index in [0.717, 1.165) is 25.1 Å². The molecule has 1 aromatic rings. The maximum Gasteiger partial charge on any atom is 0.137 e. The van der Waals surface area contributed by atoms with Gasteiger partial charge in [-0.2, -0.15) is 0 Å². The Hall–Kier alpha value is -0.670. The van der Waals surface area contributed by atoms with Crippen LogP contribution in [0, 0.1) is 11.7 Å². The maximum atomic E-state index is 13.4. The van der Waals surface area contributed by atoms with Gasteiger partial charge in [-0.05, 0) is 52.5 Å². The largest absolute Gasteiger partial charge is 0.313 e. The fourth-order valence-corrected chi connectivity index (χ4v) is 1.88. The molecule has 1 aromatic carbocycles. The third-order valence-electron chi connectivity index (χ3n) is 2.67. The fraction of sp³-hybridized carbons (Fsp3) is 0.467. The summed E-state index contributed by atoms with van der Waals surface area (Å²) in [7, 11) is 0. The van der Waals surface area contributed by atoms with Crippen molar-refractivity contribution in [1.82, 2.24) is 5.32 Å². The van der Waals surface area contributed by atoms with Crippen molar-refractivity contribution in [3.8, 4) is 0 Å². The Morgan fingerprint density at radius 1 is 1.44 bits per heavy atom. The SMILES string of the molecule is CC/C(=C/c1ccc(Br)c(F)c1)CNCC(C)C. The number of hydrogen-bond donors (Lipinski definition) is 1. The molecule has 0 saturated heterocycles. The second-order valence-corrected chi connectivity index (χ2v) is 5.71. The number of benzene rings is 1. The normalized spacial score (nSPS) is 12.2. The van der Waals surface area contributed by atoms with Gasteiger partial charge < -0.3 is 5.32 Å². The van der Waals surface area contributed by atoms with Gasteiger partial charge in [0, 0.05) is 6.54 Å². The molecule has 0 aromatic heterocycles. The van der Waals surface area contributed by atoms with Crippen molar-refractivity contribution in [2.45, 2.75) is 27.2 Å². The van der Waals surface area contributed by atoms with E-state index < -0.39 is 0 Å². The van der Waals surface area contributed by atoms with Crippen molar-refractivity contribution in [3.63, 3.8) is 0 Å². The molecule has 0 unspecified atom stereocenters. The molecule has 0 radical (unpaired) electrons. The molecular weight excluding hydrogens is 293 g/mol. The van der Waals surface area contributed by atoms with E-state index in [0.29, 0.717) is 10.4 Å². The van der Waals surface area contributed by atoms with Crippen LogP contribution in [0.2, 0.25) is 0 Å². The summed E-state index contributed by atoms with van der Waals surface area (Å²) in [5.74, 6) is 0.433. The quantitative estimate of drug-likeness (QED) is 0.807. The molecule has 0 aliphatic heterocycles. The van der Waals surface area contributed by atoms with E-state index in [9.17, 15) is 4.39 Å². The molecule has 0 spiro atoms. The van der Waals surface area contributed by atoms with Crippen LogP contribution < -0.4 is 5.32 Å². The molecule has 18 heavy (non-hydrogen) atoms. The zero-order valence-corrected chi connectivity index (χ0v) is 12.8. The summed E-state index contributed by atoms with van der Waals surface area (Å²) in [6.07, 6.45) is 3.03. The molecule has 3 heteroatoms. The highest BCUT2D eigenvalue weighted by Gasteiger charge is 2.01. The molecule has 0 bridgehead atoms. The van der Waals surface area contributed by atoms with Crippen molar-refractivity contribution in [2.24, 2.45) is 5.92 Å². The van der Waals surface area contributed by atoms with Gasteiger partial charge in [0.2, 0.25) is 0 Å². The van der Waals surface area contributed by atoms with Crippen molar-refractivity contribution in [1.29, 1.82) is 0 Å². The average Bonchev–Trinajstić information content (AvgIpc) is 2.32. The number of halogens is 2. The van der Waals surface area contributed by atoms with Gasteiger partial charge in [-0.25, -0.2) is 4.39 Å². The van der Waals surface area contributed by atoms with Gasteiger partial charge in [-0.1, -0.05) is 38.5 Å². The first-order valence-corrected chi connectivity index (χ1v) is 7.17. The van der Waals surface area contributed by atoms with Gasteiger partial charge in [-0.3, -0.25) is 0 Å². The average molecular weight is 314 g/mol. The first kappa shape index (κ1) is 15.4. The van der Waals surface area contributed by atoms with Gasteiger partial charge >= 0.3 is 0 Å². The van der Waals surface area contributed by atoms with Crippen LogP contribution >= 0.6 is 15.9 Å². The van der Waals surface area contributed by atoms with Crippen molar-refractivity contribution < 1.29 is 4.39 Å². The highest BCUT2D eigenvalue weighted by molar-refractivity contribution is 9.10. The van der Waals surface area contributed by atoms with Gasteiger partial charge in [0.05, 0.1) is 4.47 Å². The van der Waals surface area contributed by atoms with Crippen LogP contribution in [0.1, 0.15) is 32.8 Å². The minimum atomic E-state index is -0.214. The highest BCUT2D eigenvalue weighted by Crippen LogP contribution is 2.18. The molecule has 0 atom stereocenters. The number of nitrogens with one attached hydrogen (secondary N) is 1. The molecule has 1 N–H and O–H groups in total. The van der Waals surface area contributed by atoms with Crippen LogP contribution in [0.25, 0.3) is 6.08 Å². The zero-order valence-electron chi connectivity index (χ0n) is 11.3. The van der Waals surface area contributed by atoms with E-state index in [1.54, 1.807) is 12.1 Å². The summed E-state index contributed by atoms with van der Waals surface area (Å²) >= 11 is 3.16. The van der Waals surface area contributed by atoms with Gasteiger partial charge in [0.15, 0.2) is 0 Å². The molecular formula is C15H21BrFN. The Balaban J connectivity index is 2.68. The van der Waals surface area contributed by atoms with Crippen LogP contribution in [0.3, 0.4) is 0 Å². The van der Waals surface area contributed by atoms with E-state index in [4.69, 9.17) is 0 Å². The van der Waals surface area contributed by atoms with E-state index in [2.05, 4.69) is 48.1 Å². The van der Waals surface area contributed by atoms with E-state index >= 15 is 0 Å². The second kappa shape index (κ2) is 7.70. The monoisotopic (exact) mass is 313 g/mol. The predicted octanol–water partition coefficient (Wildman–Crippen LogP) is 4.63. The first-order valence-electron chi connectivity index (χ1n) is 6.38. The number of hydrogen-bond acceptors (Lipinski definition) is 1. The fourth-order valence-electron chi connectivity index (χ4n) is 1.64. The van der Waals surface area contributed by atoms with Crippen LogP contribution in [0.15, 0.2) is 28.2 Å². The third-order valence-corrected chi connectivity index (χ3v) is 3.32. The predicted molar refractivity (Wildman–Crippen MR) is 80.1 cm³/mol. The molecule has 0 saturated carbocycles. The highest BCUT2D eigenvalue weighted by atomic mass is 79.9. The molecule has 0 amide bonds. The lowest BCUT2D eigenvalue weighted by Gasteiger charge is -2.09.